The topological polar surface area (TPSA) is 71.5 Å². The van der Waals surface area contributed by atoms with Gasteiger partial charge in [-0.05, 0) is 37.1 Å². The molecule has 1 amide bonds. The van der Waals surface area contributed by atoms with Crippen LogP contribution >= 0.6 is 11.3 Å². The molecule has 0 saturated carbocycles. The van der Waals surface area contributed by atoms with Crippen LogP contribution in [0.2, 0.25) is 0 Å². The lowest BCUT2D eigenvalue weighted by atomic mass is 10.2. The van der Waals surface area contributed by atoms with Gasteiger partial charge in [0.05, 0.1) is 12.2 Å². The molecule has 5 nitrogen and oxygen atoms in total. The van der Waals surface area contributed by atoms with Gasteiger partial charge in [0, 0.05) is 17.6 Å². The number of nitrogens with zero attached hydrogens (tertiary/aromatic N) is 1. The van der Waals surface area contributed by atoms with Crippen molar-refractivity contribution in [1.29, 1.82) is 0 Å². The van der Waals surface area contributed by atoms with Gasteiger partial charge in [-0.2, -0.15) is 0 Å². The lowest BCUT2D eigenvalue weighted by molar-refractivity contribution is -0.130. The minimum absolute atomic E-state index is 0.0612. The second-order valence-electron chi connectivity index (χ2n) is 4.89. The Balaban J connectivity index is 1.60. The van der Waals surface area contributed by atoms with Gasteiger partial charge in [0.2, 0.25) is 5.91 Å². The summed E-state index contributed by atoms with van der Waals surface area (Å²) in [4.78, 5) is 16.3. The molecule has 2 heterocycles. The molecule has 6 heteroatoms. The van der Waals surface area contributed by atoms with Crippen LogP contribution in [0.3, 0.4) is 0 Å². The first-order chi connectivity index (χ1) is 10.2. The quantitative estimate of drug-likeness (QED) is 0.909. The Morgan fingerprint density at radius 3 is 2.95 bits per heavy atom. The summed E-state index contributed by atoms with van der Waals surface area (Å²) in [5, 5.41) is 14.9. The number of amides is 1. The van der Waals surface area contributed by atoms with Gasteiger partial charge in [0.25, 0.3) is 0 Å². The van der Waals surface area contributed by atoms with E-state index in [-0.39, 0.29) is 17.8 Å². The first-order valence-electron chi connectivity index (χ1n) is 6.85. The Kier molecular flexibility index (Phi) is 4.17. The first kappa shape index (κ1) is 14.0. The normalized spacial score (nSPS) is 17.8. The SMILES string of the molecule is O=C(NCc1nc(-c2ccc(O)cc2)cs1)C1CCCO1. The van der Waals surface area contributed by atoms with Crippen molar-refractivity contribution in [2.45, 2.75) is 25.5 Å². The molecule has 1 unspecified atom stereocenters. The molecule has 1 atom stereocenters. The first-order valence-corrected chi connectivity index (χ1v) is 7.73. The minimum Gasteiger partial charge on any atom is -0.508 e. The number of ether oxygens (including phenoxy) is 1. The molecule has 2 N–H and O–H groups in total. The number of hydrogen-bond donors (Lipinski definition) is 2. The zero-order valence-electron chi connectivity index (χ0n) is 11.4. The van der Waals surface area contributed by atoms with Gasteiger partial charge >= 0.3 is 0 Å². The third-order valence-electron chi connectivity index (χ3n) is 3.35. The fraction of sp³-hybridized carbons (Fsp3) is 0.333. The van der Waals surface area contributed by atoms with Crippen LogP contribution in [0, 0.1) is 0 Å². The third-order valence-corrected chi connectivity index (χ3v) is 4.20. The van der Waals surface area contributed by atoms with Gasteiger partial charge in [0.15, 0.2) is 0 Å². The molecule has 0 bridgehead atoms. The summed E-state index contributed by atoms with van der Waals surface area (Å²) in [5.74, 6) is 0.173. The lowest BCUT2D eigenvalue weighted by Crippen LogP contribution is -2.33. The number of phenols is 1. The van der Waals surface area contributed by atoms with E-state index >= 15 is 0 Å². The summed E-state index contributed by atoms with van der Waals surface area (Å²) in [6.07, 6.45) is 1.43. The van der Waals surface area contributed by atoms with Crippen molar-refractivity contribution in [3.63, 3.8) is 0 Å². The summed E-state index contributed by atoms with van der Waals surface area (Å²) in [6, 6.07) is 6.90. The predicted molar refractivity (Wildman–Crippen MR) is 80.0 cm³/mol. The number of aromatic hydroxyl groups is 1. The number of aromatic nitrogens is 1. The van der Waals surface area contributed by atoms with Gasteiger partial charge in [-0.1, -0.05) is 0 Å². The summed E-state index contributed by atoms with van der Waals surface area (Å²) >= 11 is 1.50. The summed E-state index contributed by atoms with van der Waals surface area (Å²) in [6.45, 7) is 1.09. The van der Waals surface area contributed by atoms with Crippen molar-refractivity contribution in [1.82, 2.24) is 10.3 Å². The fourth-order valence-electron chi connectivity index (χ4n) is 2.22. The van der Waals surface area contributed by atoms with Gasteiger partial charge in [0.1, 0.15) is 16.9 Å². The van der Waals surface area contributed by atoms with Crippen molar-refractivity contribution >= 4 is 17.2 Å². The van der Waals surface area contributed by atoms with E-state index in [1.54, 1.807) is 12.1 Å². The molecule has 21 heavy (non-hydrogen) atoms. The van der Waals surface area contributed by atoms with Crippen LogP contribution in [0.4, 0.5) is 0 Å². The Morgan fingerprint density at radius 1 is 1.43 bits per heavy atom. The average Bonchev–Trinajstić information content (AvgIpc) is 3.17. The van der Waals surface area contributed by atoms with Crippen molar-refractivity contribution < 1.29 is 14.6 Å². The van der Waals surface area contributed by atoms with Crippen LogP contribution in [-0.2, 0) is 16.1 Å². The lowest BCUT2D eigenvalue weighted by Gasteiger charge is -2.08. The second kappa shape index (κ2) is 6.24. The maximum absolute atomic E-state index is 11.8. The highest BCUT2D eigenvalue weighted by Gasteiger charge is 2.23. The Morgan fingerprint density at radius 2 is 2.24 bits per heavy atom. The summed E-state index contributed by atoms with van der Waals surface area (Å²) < 4.78 is 5.34. The van der Waals surface area contributed by atoms with Gasteiger partial charge in [-0.15, -0.1) is 11.3 Å². The number of thiazole rings is 1. The highest BCUT2D eigenvalue weighted by atomic mass is 32.1. The zero-order chi connectivity index (χ0) is 14.7. The Labute approximate surface area is 126 Å². The molecule has 3 rings (SSSR count). The van der Waals surface area contributed by atoms with Gasteiger partial charge < -0.3 is 15.2 Å². The highest BCUT2D eigenvalue weighted by Crippen LogP contribution is 2.23. The summed E-state index contributed by atoms with van der Waals surface area (Å²) in [7, 11) is 0. The van der Waals surface area contributed by atoms with E-state index in [9.17, 15) is 9.90 Å². The van der Waals surface area contributed by atoms with E-state index in [1.165, 1.54) is 11.3 Å². The molecule has 1 aliphatic heterocycles. The van der Waals surface area contributed by atoms with Crippen LogP contribution in [0.15, 0.2) is 29.6 Å². The van der Waals surface area contributed by atoms with Gasteiger partial charge in [-0.3, -0.25) is 4.79 Å². The van der Waals surface area contributed by atoms with Crippen LogP contribution in [-0.4, -0.2) is 28.7 Å². The molecule has 1 aromatic heterocycles. The third kappa shape index (κ3) is 3.40. The van der Waals surface area contributed by atoms with Gasteiger partial charge in [-0.25, -0.2) is 4.98 Å². The predicted octanol–water partition coefficient (Wildman–Crippen LogP) is 2.31. The monoisotopic (exact) mass is 304 g/mol. The van der Waals surface area contributed by atoms with Crippen LogP contribution < -0.4 is 5.32 Å². The highest BCUT2D eigenvalue weighted by molar-refractivity contribution is 7.09. The van der Waals surface area contributed by atoms with Crippen LogP contribution in [0.1, 0.15) is 17.8 Å². The Hall–Kier alpha value is -1.92. The molecule has 2 aromatic rings. The molecular formula is C15H16N2O3S. The van der Waals surface area contributed by atoms with Crippen molar-refractivity contribution in [3.8, 4) is 17.0 Å². The number of phenolic OH excluding ortho intramolecular Hbond substituents is 1. The minimum atomic E-state index is -0.304. The molecule has 1 aromatic carbocycles. The standard InChI is InChI=1S/C15H16N2O3S/c18-11-5-3-10(4-6-11)12-9-21-14(17-12)8-16-15(19)13-2-1-7-20-13/h3-6,9,13,18H,1-2,7-8H2,(H,16,19). The number of benzene rings is 1. The van der Waals surface area contributed by atoms with E-state index in [0.717, 1.165) is 29.1 Å². The maximum Gasteiger partial charge on any atom is 0.249 e. The summed E-state index contributed by atoms with van der Waals surface area (Å²) in [5.41, 5.74) is 1.79. The number of hydrogen-bond acceptors (Lipinski definition) is 5. The Bertz CT molecular complexity index is 618. The van der Waals surface area contributed by atoms with Crippen molar-refractivity contribution in [2.75, 3.05) is 6.61 Å². The van der Waals surface area contributed by atoms with Crippen molar-refractivity contribution in [3.05, 3.63) is 34.7 Å². The van der Waals surface area contributed by atoms with Crippen LogP contribution in [0.5, 0.6) is 5.75 Å². The fourth-order valence-corrected chi connectivity index (χ4v) is 2.96. The molecule has 1 fully saturated rings. The van der Waals surface area contributed by atoms with E-state index in [1.807, 2.05) is 17.5 Å². The molecular weight excluding hydrogens is 288 g/mol. The molecule has 1 aliphatic rings. The smallest absolute Gasteiger partial charge is 0.249 e. The molecule has 1 saturated heterocycles. The number of nitrogens with one attached hydrogen (secondary N) is 1. The van der Waals surface area contributed by atoms with E-state index in [0.29, 0.717) is 13.2 Å². The molecule has 0 aliphatic carbocycles. The molecule has 0 spiro atoms. The largest absolute Gasteiger partial charge is 0.508 e. The maximum atomic E-state index is 11.8. The molecule has 110 valence electrons. The number of rotatable bonds is 4. The van der Waals surface area contributed by atoms with E-state index < -0.39 is 0 Å². The van der Waals surface area contributed by atoms with E-state index in [4.69, 9.17) is 4.74 Å². The average molecular weight is 304 g/mol. The second-order valence-corrected chi connectivity index (χ2v) is 5.84. The zero-order valence-corrected chi connectivity index (χ0v) is 12.2. The van der Waals surface area contributed by atoms with Crippen molar-refractivity contribution in [2.24, 2.45) is 0 Å². The van der Waals surface area contributed by atoms with E-state index in [2.05, 4.69) is 10.3 Å². The van der Waals surface area contributed by atoms with Crippen LogP contribution in [0.25, 0.3) is 11.3 Å². The number of carbonyl (C=O) groups excluding carboxylic acids is 1. The molecule has 0 radical (unpaired) electrons. The number of carbonyl (C=O) groups is 1.